The summed E-state index contributed by atoms with van der Waals surface area (Å²) in [4.78, 5) is 3.02. The molecule has 9 unspecified atom stereocenters. The van der Waals surface area contributed by atoms with Crippen LogP contribution in [0.3, 0.4) is 0 Å². The van der Waals surface area contributed by atoms with Gasteiger partial charge in [-0.2, -0.15) is 0 Å². The molecule has 1 heterocycles. The van der Waals surface area contributed by atoms with E-state index in [2.05, 4.69) is 46.2 Å². The van der Waals surface area contributed by atoms with Crippen molar-refractivity contribution in [3.63, 3.8) is 0 Å². The topological polar surface area (TPSA) is 12.5 Å². The molecule has 240 valence electrons. The van der Waals surface area contributed by atoms with Crippen molar-refractivity contribution in [2.24, 2.45) is 29.6 Å². The number of rotatable bonds is 9. The fourth-order valence-corrected chi connectivity index (χ4v) is 17.7. The van der Waals surface area contributed by atoms with Gasteiger partial charge in [0.15, 0.2) is 0 Å². The summed E-state index contributed by atoms with van der Waals surface area (Å²) in [7, 11) is 11.1. The van der Waals surface area contributed by atoms with Crippen LogP contribution in [0.1, 0.15) is 124 Å². The first-order chi connectivity index (χ1) is 18.6. The van der Waals surface area contributed by atoms with Crippen LogP contribution in [0.5, 0.6) is 0 Å². The van der Waals surface area contributed by atoms with Crippen molar-refractivity contribution in [3.8, 4) is 0 Å². The van der Waals surface area contributed by atoms with Gasteiger partial charge in [0.1, 0.15) is 0 Å². The maximum absolute atomic E-state index is 6.02. The van der Waals surface area contributed by atoms with E-state index in [9.17, 15) is 0 Å². The molecule has 0 bridgehead atoms. The third-order valence-corrected chi connectivity index (χ3v) is 18.6. The van der Waals surface area contributed by atoms with E-state index in [4.69, 9.17) is 21.8 Å². The number of fused-ring (bicyclic) bond motifs is 5. The molecule has 5 rings (SSSR count). The summed E-state index contributed by atoms with van der Waals surface area (Å²) in [5.41, 5.74) is 2.30. The van der Waals surface area contributed by atoms with Gasteiger partial charge in [-0.15, -0.1) is 0 Å². The maximum atomic E-state index is 6.02. The summed E-state index contributed by atoms with van der Waals surface area (Å²) < 4.78 is 6.02. The first kappa shape index (κ1) is 38.8. The van der Waals surface area contributed by atoms with Crippen molar-refractivity contribution in [2.75, 3.05) is 13.7 Å². The van der Waals surface area contributed by atoms with Crippen molar-refractivity contribution < 1.29 is 25.6 Å². The molecule has 0 N–H and O–H groups in total. The first-order valence-electron chi connectivity index (χ1n) is 16.9. The molecule has 0 radical (unpaired) electrons. The third kappa shape index (κ3) is 9.11. The number of hydrogen-bond acceptors (Lipinski definition) is 2. The van der Waals surface area contributed by atoms with Crippen LogP contribution < -0.4 is 0 Å². The average molecular weight is 708 g/mol. The Kier molecular flexibility index (Phi) is 16.6. The van der Waals surface area contributed by atoms with Gasteiger partial charge in [0.2, 0.25) is 0 Å². The van der Waals surface area contributed by atoms with Crippen LogP contribution in [0.4, 0.5) is 0 Å². The zero-order valence-corrected chi connectivity index (χ0v) is 33.3. The second kappa shape index (κ2) is 17.5. The first-order valence-corrected chi connectivity index (χ1v) is 26.1. The normalized spacial score (nSPS) is 36.4. The molecule has 1 aliphatic heterocycles. The summed E-state index contributed by atoms with van der Waals surface area (Å²) >= 11 is -0.826. The number of likely N-dealkylation sites (tertiary alicyclic amines) is 1. The van der Waals surface area contributed by atoms with E-state index in [1.807, 2.05) is 0 Å². The van der Waals surface area contributed by atoms with Crippen LogP contribution >= 0.6 is 17.0 Å². The molecule has 9 atom stereocenters. The molecule has 4 aliphatic carbocycles. The summed E-state index contributed by atoms with van der Waals surface area (Å²) in [5.74, 6) is 5.20. The van der Waals surface area contributed by atoms with Crippen LogP contribution in [0.15, 0.2) is 0 Å². The number of halogens is 2. The number of hydrogen-bond donors (Lipinski definition) is 0. The third-order valence-electron chi connectivity index (χ3n) is 12.4. The van der Waals surface area contributed by atoms with Gasteiger partial charge in [-0.05, 0) is 101 Å². The van der Waals surface area contributed by atoms with Crippen molar-refractivity contribution >= 4 is 25.1 Å². The predicted molar refractivity (Wildman–Crippen MR) is 182 cm³/mol. The molecular weight excluding hydrogens is 641 g/mol. The second-order valence-electron chi connectivity index (χ2n) is 15.7. The molecule has 0 aromatic heterocycles. The summed E-state index contributed by atoms with van der Waals surface area (Å²) in [6.45, 7) is 13.1. The quantitative estimate of drug-likeness (QED) is 0.134. The molecule has 2 nitrogen and oxygen atoms in total. The summed E-state index contributed by atoms with van der Waals surface area (Å²) in [5, 5.41) is 0. The Labute approximate surface area is 277 Å². The second-order valence-corrected chi connectivity index (χ2v) is 24.4. The zero-order chi connectivity index (χ0) is 28.2. The molecule has 0 aromatic carbocycles. The van der Waals surface area contributed by atoms with E-state index in [0.717, 1.165) is 59.4 Å². The zero-order valence-electron chi connectivity index (χ0n) is 28.3. The molecular formula is C35H67Cl2NOSiZr. The minimum absolute atomic E-state index is 0. The molecule has 0 spiro atoms. The summed E-state index contributed by atoms with van der Waals surface area (Å²) in [6, 6.07) is 3.51. The molecule has 0 amide bonds. The van der Waals surface area contributed by atoms with Gasteiger partial charge in [0, 0.05) is 18.7 Å². The molecule has 5 fully saturated rings. The average Bonchev–Trinajstić information content (AvgIpc) is 3.60. The van der Waals surface area contributed by atoms with Gasteiger partial charge >= 0.3 is 37.9 Å². The monoisotopic (exact) mass is 705 g/mol. The van der Waals surface area contributed by atoms with Crippen molar-refractivity contribution in [3.05, 3.63) is 14.9 Å². The van der Waals surface area contributed by atoms with Crippen molar-refractivity contribution in [2.45, 2.75) is 165 Å². The van der Waals surface area contributed by atoms with Crippen LogP contribution in [-0.2, 0) is 25.6 Å². The van der Waals surface area contributed by atoms with E-state index in [-0.39, 0.29) is 20.5 Å². The Bertz CT molecular complexity index is 746. The Morgan fingerprint density at radius 1 is 0.829 bits per heavy atom. The van der Waals surface area contributed by atoms with E-state index in [1.54, 1.807) is 38.1 Å². The fraction of sp³-hybridized carbons (Fsp3) is 0.943. The van der Waals surface area contributed by atoms with Crippen molar-refractivity contribution in [1.82, 2.24) is 4.90 Å². The van der Waals surface area contributed by atoms with Crippen molar-refractivity contribution in [1.29, 1.82) is 0 Å². The van der Waals surface area contributed by atoms with Crippen LogP contribution in [0.2, 0.25) is 23.7 Å². The Morgan fingerprint density at radius 3 is 2.05 bits per heavy atom. The van der Waals surface area contributed by atoms with E-state index >= 15 is 0 Å². The van der Waals surface area contributed by atoms with E-state index < -0.39 is 28.9 Å². The van der Waals surface area contributed by atoms with Gasteiger partial charge in [-0.3, -0.25) is 4.90 Å². The van der Waals surface area contributed by atoms with E-state index in [1.165, 1.54) is 64.2 Å². The Balaban J connectivity index is 0.00000113. The molecule has 1 saturated heterocycles. The van der Waals surface area contributed by atoms with Gasteiger partial charge in [-0.25, -0.2) is 0 Å². The minimum atomic E-state index is -1.36. The van der Waals surface area contributed by atoms with Crippen LogP contribution in [0, 0.1) is 44.4 Å². The molecule has 6 heteroatoms. The van der Waals surface area contributed by atoms with Gasteiger partial charge in [0.05, 0.1) is 13.7 Å². The SMILES string of the molecule is CC1CCC2C(C1)C1C(C3CCCCC3C1[Si](C)(CCCCCCOC(C)(C)C)C1CCCC1)N2C.[CH3-].[CH3-].[Cl][Zr+2][Cl]. The number of ether oxygens (including phenoxy) is 1. The van der Waals surface area contributed by atoms with Gasteiger partial charge < -0.3 is 19.6 Å². The predicted octanol–water partition coefficient (Wildman–Crippen LogP) is 11.6. The Hall–Kier alpha value is 1.60. The van der Waals surface area contributed by atoms with Gasteiger partial charge in [0.25, 0.3) is 0 Å². The van der Waals surface area contributed by atoms with Gasteiger partial charge in [-0.1, -0.05) is 83.7 Å². The molecule has 41 heavy (non-hydrogen) atoms. The fourth-order valence-electron chi connectivity index (χ4n) is 11.0. The van der Waals surface area contributed by atoms with E-state index in [0.29, 0.717) is 0 Å². The van der Waals surface area contributed by atoms with Crippen LogP contribution in [-0.4, -0.2) is 44.3 Å². The Morgan fingerprint density at radius 2 is 1.41 bits per heavy atom. The van der Waals surface area contributed by atoms with Crippen LogP contribution in [0.25, 0.3) is 0 Å². The molecule has 5 aliphatic rings. The molecule has 0 aromatic rings. The summed E-state index contributed by atoms with van der Waals surface area (Å²) in [6.07, 6.45) is 22.6. The number of nitrogens with zero attached hydrogens (tertiary/aromatic N) is 1. The molecule has 4 saturated carbocycles. The number of unbranched alkanes of at least 4 members (excludes halogenated alkanes) is 3. The standard InChI is InChI=1S/C33H61NOSi.2CH3.2ClH.Zr/c1-24-19-20-29-28(23-24)30-31(34(29)5)26-17-11-12-18-27(26)32(30)36(6,25-15-9-10-16-25)22-14-8-7-13-21-35-33(2,3)4;;;;;/h24-32H,7-23H2,1-6H3;2*1H3;2*1H;/q;2*-1;;;+4/p-2.